The molecule has 0 amide bonds. The van der Waals surface area contributed by atoms with Crippen LogP contribution in [0.1, 0.15) is 57.9 Å². The molecular weight excluding hydrogens is 256 g/mol. The Morgan fingerprint density at radius 1 is 1.05 bits per heavy atom. The van der Waals surface area contributed by atoms with E-state index in [-0.39, 0.29) is 6.04 Å². The van der Waals surface area contributed by atoms with E-state index in [1.54, 1.807) is 0 Å². The lowest BCUT2D eigenvalue weighted by molar-refractivity contribution is 0.565. The molecule has 2 nitrogen and oxygen atoms in total. The molecule has 2 aromatic rings. The van der Waals surface area contributed by atoms with Gasteiger partial charge in [-0.05, 0) is 48.9 Å². The quantitative estimate of drug-likeness (QED) is 0.654. The van der Waals surface area contributed by atoms with Gasteiger partial charge >= 0.3 is 0 Å². The molecule has 0 saturated carbocycles. The predicted molar refractivity (Wildman–Crippen MR) is 92.7 cm³/mol. The fourth-order valence-electron chi connectivity index (χ4n) is 3.01. The van der Waals surface area contributed by atoms with Crippen molar-refractivity contribution in [3.8, 4) is 0 Å². The van der Waals surface area contributed by atoms with E-state index in [0.717, 1.165) is 13.0 Å². The Bertz CT molecular complexity index is 539. The van der Waals surface area contributed by atoms with E-state index in [9.17, 15) is 0 Å². The zero-order chi connectivity index (χ0) is 15.1. The Labute approximate surface area is 129 Å². The number of hydrogen-bond acceptors (Lipinski definition) is 1. The van der Waals surface area contributed by atoms with Crippen LogP contribution in [0.3, 0.4) is 0 Å². The Kier molecular flexibility index (Phi) is 6.31. The first kappa shape index (κ1) is 16.1. The zero-order valence-electron chi connectivity index (χ0n) is 13.6. The Balaban J connectivity index is 1.89. The van der Waals surface area contributed by atoms with E-state index in [0.29, 0.717) is 0 Å². The zero-order valence-corrected chi connectivity index (χ0v) is 13.6. The van der Waals surface area contributed by atoms with Gasteiger partial charge in [0.15, 0.2) is 0 Å². The van der Waals surface area contributed by atoms with Crippen molar-refractivity contribution >= 4 is 10.9 Å². The van der Waals surface area contributed by atoms with Crippen molar-refractivity contribution < 1.29 is 0 Å². The van der Waals surface area contributed by atoms with E-state index < -0.39 is 0 Å². The maximum Gasteiger partial charge on any atom is 0.0480 e. The van der Waals surface area contributed by atoms with Gasteiger partial charge in [0.2, 0.25) is 0 Å². The summed E-state index contributed by atoms with van der Waals surface area (Å²) in [7, 11) is 0. The first-order chi connectivity index (χ1) is 10.2. The number of aromatic nitrogens is 1. The molecule has 2 N–H and O–H groups in total. The molecule has 0 aliphatic heterocycles. The molecule has 2 rings (SSSR count). The number of rotatable bonds is 9. The second kappa shape index (κ2) is 8.23. The molecule has 1 aromatic heterocycles. The summed E-state index contributed by atoms with van der Waals surface area (Å²) in [6, 6.07) is 9.23. The average Bonchev–Trinajstić information content (AvgIpc) is 2.84. The van der Waals surface area contributed by atoms with E-state index >= 15 is 0 Å². The normalized spacial score (nSPS) is 12.9. The van der Waals surface area contributed by atoms with E-state index in [2.05, 4.69) is 48.9 Å². The van der Waals surface area contributed by atoms with Gasteiger partial charge in [0, 0.05) is 24.3 Å². The predicted octanol–water partition coefficient (Wildman–Crippen LogP) is 4.89. The summed E-state index contributed by atoms with van der Waals surface area (Å²) in [4.78, 5) is 0. The summed E-state index contributed by atoms with van der Waals surface area (Å²) >= 11 is 0. The Morgan fingerprint density at radius 3 is 2.57 bits per heavy atom. The maximum absolute atomic E-state index is 5.88. The van der Waals surface area contributed by atoms with Crippen LogP contribution in [-0.4, -0.2) is 10.6 Å². The fraction of sp³-hybridized carbons (Fsp3) is 0.579. The lowest BCUT2D eigenvalue weighted by atomic mass is 10.1. The number of nitrogens with zero attached hydrogens (tertiary/aromatic N) is 1. The fourth-order valence-corrected chi connectivity index (χ4v) is 3.01. The van der Waals surface area contributed by atoms with Crippen LogP contribution in [0, 0.1) is 0 Å². The lowest BCUT2D eigenvalue weighted by Crippen LogP contribution is -2.17. The highest BCUT2D eigenvalue weighted by Crippen LogP contribution is 2.19. The van der Waals surface area contributed by atoms with Gasteiger partial charge in [-0.25, -0.2) is 0 Å². The van der Waals surface area contributed by atoms with Gasteiger partial charge in [-0.2, -0.15) is 0 Å². The first-order valence-electron chi connectivity index (χ1n) is 8.54. The van der Waals surface area contributed by atoms with Crippen LogP contribution < -0.4 is 5.73 Å². The van der Waals surface area contributed by atoms with E-state index in [4.69, 9.17) is 5.73 Å². The molecule has 2 heteroatoms. The van der Waals surface area contributed by atoms with Crippen molar-refractivity contribution in [2.24, 2.45) is 5.73 Å². The van der Waals surface area contributed by atoms with Gasteiger partial charge in [-0.3, -0.25) is 0 Å². The van der Waals surface area contributed by atoms with Crippen molar-refractivity contribution in [3.05, 3.63) is 36.0 Å². The minimum atomic E-state index is 0.229. The van der Waals surface area contributed by atoms with Crippen LogP contribution in [0.2, 0.25) is 0 Å². The van der Waals surface area contributed by atoms with Crippen LogP contribution in [0.4, 0.5) is 0 Å². The third-order valence-corrected chi connectivity index (χ3v) is 4.15. The summed E-state index contributed by atoms with van der Waals surface area (Å²) in [5.74, 6) is 0. The molecule has 0 bridgehead atoms. The third-order valence-electron chi connectivity index (χ3n) is 4.15. The van der Waals surface area contributed by atoms with Crippen molar-refractivity contribution in [1.82, 2.24) is 4.57 Å². The lowest BCUT2D eigenvalue weighted by Gasteiger charge is -2.08. The standard InChI is InChI=1S/C19H30N2/c1-3-4-5-6-7-8-12-21-13-11-18-15-17(14-16(2)20)9-10-19(18)21/h9-11,13,15-16H,3-8,12,14,20H2,1-2H3. The van der Waals surface area contributed by atoms with Crippen LogP contribution >= 0.6 is 0 Å². The second-order valence-electron chi connectivity index (χ2n) is 6.35. The smallest absolute Gasteiger partial charge is 0.0480 e. The summed E-state index contributed by atoms with van der Waals surface area (Å²) < 4.78 is 2.39. The van der Waals surface area contributed by atoms with Gasteiger partial charge in [0.05, 0.1) is 0 Å². The minimum absolute atomic E-state index is 0.229. The first-order valence-corrected chi connectivity index (χ1v) is 8.54. The molecule has 1 heterocycles. The largest absolute Gasteiger partial charge is 0.347 e. The Hall–Kier alpha value is -1.28. The van der Waals surface area contributed by atoms with Gasteiger partial charge in [0.1, 0.15) is 0 Å². The molecule has 1 unspecified atom stereocenters. The molecule has 0 aliphatic rings. The summed E-state index contributed by atoms with van der Waals surface area (Å²) in [5, 5.41) is 1.35. The molecule has 1 atom stereocenters. The number of aryl methyl sites for hydroxylation is 1. The van der Waals surface area contributed by atoms with Crippen LogP contribution in [0.25, 0.3) is 10.9 Å². The highest BCUT2D eigenvalue weighted by molar-refractivity contribution is 5.80. The number of benzene rings is 1. The minimum Gasteiger partial charge on any atom is -0.347 e. The number of nitrogens with two attached hydrogens (primary N) is 1. The van der Waals surface area contributed by atoms with Crippen molar-refractivity contribution in [2.75, 3.05) is 0 Å². The number of unbranched alkanes of at least 4 members (excludes halogenated alkanes) is 5. The van der Waals surface area contributed by atoms with E-state index in [1.165, 1.54) is 55.0 Å². The molecule has 21 heavy (non-hydrogen) atoms. The number of fused-ring (bicyclic) bond motifs is 1. The van der Waals surface area contributed by atoms with Gasteiger partial charge in [-0.15, -0.1) is 0 Å². The van der Waals surface area contributed by atoms with Crippen LogP contribution in [-0.2, 0) is 13.0 Å². The molecule has 0 fully saturated rings. The van der Waals surface area contributed by atoms with Crippen molar-refractivity contribution in [3.63, 3.8) is 0 Å². The maximum atomic E-state index is 5.88. The summed E-state index contributed by atoms with van der Waals surface area (Å²) in [5.41, 5.74) is 8.58. The van der Waals surface area contributed by atoms with Gasteiger partial charge in [0.25, 0.3) is 0 Å². The van der Waals surface area contributed by atoms with Gasteiger partial charge < -0.3 is 10.3 Å². The second-order valence-corrected chi connectivity index (χ2v) is 6.35. The Morgan fingerprint density at radius 2 is 1.81 bits per heavy atom. The van der Waals surface area contributed by atoms with E-state index in [1.807, 2.05) is 0 Å². The summed E-state index contributed by atoms with van der Waals surface area (Å²) in [6.07, 6.45) is 11.3. The third kappa shape index (κ3) is 4.89. The number of hydrogen-bond donors (Lipinski definition) is 1. The highest BCUT2D eigenvalue weighted by Gasteiger charge is 2.04. The highest BCUT2D eigenvalue weighted by atomic mass is 14.9. The molecule has 0 aliphatic carbocycles. The molecular formula is C19H30N2. The summed E-state index contributed by atoms with van der Waals surface area (Å²) in [6.45, 7) is 5.47. The molecule has 0 radical (unpaired) electrons. The average molecular weight is 286 g/mol. The SMILES string of the molecule is CCCCCCCCn1ccc2cc(CC(C)N)ccc21. The molecule has 0 saturated heterocycles. The van der Waals surface area contributed by atoms with Crippen molar-refractivity contribution in [1.29, 1.82) is 0 Å². The van der Waals surface area contributed by atoms with Crippen LogP contribution in [0.5, 0.6) is 0 Å². The monoisotopic (exact) mass is 286 g/mol. The molecule has 1 aromatic carbocycles. The topological polar surface area (TPSA) is 30.9 Å². The molecule has 0 spiro atoms. The molecule has 116 valence electrons. The van der Waals surface area contributed by atoms with Crippen LogP contribution in [0.15, 0.2) is 30.5 Å². The van der Waals surface area contributed by atoms with Crippen molar-refractivity contribution in [2.45, 2.75) is 71.4 Å². The van der Waals surface area contributed by atoms with Gasteiger partial charge in [-0.1, -0.05) is 45.1 Å².